The maximum absolute atomic E-state index is 12.4. The summed E-state index contributed by atoms with van der Waals surface area (Å²) >= 11 is 11.7. The fourth-order valence-electron chi connectivity index (χ4n) is 2.39. The summed E-state index contributed by atoms with van der Waals surface area (Å²) in [5.41, 5.74) is 5.68. The largest absolute Gasteiger partial charge is 0.381 e. The van der Waals surface area contributed by atoms with E-state index in [4.69, 9.17) is 33.7 Å². The van der Waals surface area contributed by atoms with Crippen molar-refractivity contribution < 1.29 is 14.3 Å². The molecule has 0 bridgehead atoms. The number of rotatable bonds is 4. The molecule has 0 aromatic heterocycles. The number of hydrogen-bond acceptors (Lipinski definition) is 4. The third kappa shape index (κ3) is 5.22. The summed E-state index contributed by atoms with van der Waals surface area (Å²) in [4.78, 5) is 25.8. The van der Waals surface area contributed by atoms with Crippen LogP contribution in [-0.2, 0) is 14.3 Å². The third-order valence-electron chi connectivity index (χ3n) is 3.74. The van der Waals surface area contributed by atoms with Crippen LogP contribution in [0.25, 0.3) is 0 Å². The third-order valence-corrected chi connectivity index (χ3v) is 4.48. The van der Waals surface area contributed by atoms with Crippen LogP contribution in [0.2, 0.25) is 10.0 Å². The van der Waals surface area contributed by atoms with Crippen molar-refractivity contribution in [3.05, 3.63) is 28.2 Å². The molecule has 1 aliphatic heterocycles. The first-order chi connectivity index (χ1) is 10.8. The highest BCUT2D eigenvalue weighted by Crippen LogP contribution is 2.25. The Hall–Kier alpha value is -1.05. The van der Waals surface area contributed by atoms with Gasteiger partial charge in [0.25, 0.3) is 0 Å². The number of likely N-dealkylation sites (N-methyl/N-ethyl adjacent to an activating group) is 1. The van der Waals surface area contributed by atoms with Crippen molar-refractivity contribution in [2.24, 2.45) is 5.73 Å². The molecule has 6 nitrogen and oxygen atoms in total. The van der Waals surface area contributed by atoms with Crippen LogP contribution >= 0.6 is 35.6 Å². The maximum atomic E-state index is 12.4. The van der Waals surface area contributed by atoms with Crippen LogP contribution in [0, 0.1) is 0 Å². The lowest BCUT2D eigenvalue weighted by Crippen LogP contribution is -2.58. The van der Waals surface area contributed by atoms with Crippen LogP contribution in [-0.4, -0.2) is 49.1 Å². The lowest BCUT2D eigenvalue weighted by atomic mass is 9.90. The Kier molecular flexibility index (Phi) is 7.76. The van der Waals surface area contributed by atoms with Gasteiger partial charge in [0.1, 0.15) is 0 Å². The Bertz CT molecular complexity index is 607. The van der Waals surface area contributed by atoms with Gasteiger partial charge in [-0.15, -0.1) is 12.4 Å². The normalized spacial score (nSPS) is 16.0. The first kappa shape index (κ1) is 21.0. The maximum Gasteiger partial charge on any atom is 0.243 e. The van der Waals surface area contributed by atoms with Crippen molar-refractivity contribution in [2.45, 2.75) is 18.4 Å². The smallest absolute Gasteiger partial charge is 0.243 e. The highest BCUT2D eigenvalue weighted by Gasteiger charge is 2.38. The molecule has 1 aliphatic rings. The number of anilines is 1. The average Bonchev–Trinajstić information content (AvgIpc) is 2.50. The number of nitrogens with one attached hydrogen (secondary N) is 1. The standard InChI is InChI=1S/C15H19Cl2N3O3.ClH/c1-20(14(22)15(18)4-6-23-7-5-15)9-13(21)19-10-2-3-11(16)12(17)8-10;/h2-3,8H,4-7,9,18H2,1H3,(H,19,21);1H. The first-order valence-corrected chi connectivity index (χ1v) is 7.94. The molecule has 1 heterocycles. The molecule has 3 N–H and O–H groups in total. The van der Waals surface area contributed by atoms with Gasteiger partial charge >= 0.3 is 0 Å². The minimum Gasteiger partial charge on any atom is -0.381 e. The summed E-state index contributed by atoms with van der Waals surface area (Å²) in [6, 6.07) is 4.77. The predicted octanol–water partition coefficient (Wildman–Crippen LogP) is 2.32. The van der Waals surface area contributed by atoms with Crippen LogP contribution in [0.1, 0.15) is 12.8 Å². The molecule has 1 saturated heterocycles. The molecule has 0 saturated carbocycles. The number of hydrogen-bond donors (Lipinski definition) is 2. The molecular formula is C15H20Cl3N3O3. The Morgan fingerprint density at radius 1 is 1.29 bits per heavy atom. The number of amides is 2. The number of nitrogens with zero attached hydrogens (tertiary/aromatic N) is 1. The van der Waals surface area contributed by atoms with Gasteiger partial charge in [-0.2, -0.15) is 0 Å². The van der Waals surface area contributed by atoms with E-state index in [2.05, 4.69) is 5.32 Å². The monoisotopic (exact) mass is 395 g/mol. The predicted molar refractivity (Wildman–Crippen MR) is 96.9 cm³/mol. The van der Waals surface area contributed by atoms with Crippen LogP contribution < -0.4 is 11.1 Å². The van der Waals surface area contributed by atoms with E-state index >= 15 is 0 Å². The molecule has 2 rings (SSSR count). The summed E-state index contributed by atoms with van der Waals surface area (Å²) < 4.78 is 5.22. The minimum absolute atomic E-state index is 0. The van der Waals surface area contributed by atoms with E-state index < -0.39 is 5.54 Å². The lowest BCUT2D eigenvalue weighted by Gasteiger charge is -2.35. The van der Waals surface area contributed by atoms with Crippen LogP contribution in [0.15, 0.2) is 18.2 Å². The first-order valence-electron chi connectivity index (χ1n) is 7.19. The Morgan fingerprint density at radius 3 is 2.50 bits per heavy atom. The summed E-state index contributed by atoms with van der Waals surface area (Å²) in [6.45, 7) is 0.802. The van der Waals surface area contributed by atoms with Crippen molar-refractivity contribution in [3.63, 3.8) is 0 Å². The second-order valence-electron chi connectivity index (χ2n) is 5.61. The molecule has 0 atom stereocenters. The lowest BCUT2D eigenvalue weighted by molar-refractivity contribution is -0.141. The second kappa shape index (κ2) is 8.87. The molecule has 1 aromatic rings. The average molecular weight is 397 g/mol. The molecule has 1 fully saturated rings. The molecule has 9 heteroatoms. The zero-order valence-electron chi connectivity index (χ0n) is 13.2. The SMILES string of the molecule is CN(CC(=O)Nc1ccc(Cl)c(Cl)c1)C(=O)C1(N)CCOCC1.Cl. The van der Waals surface area contributed by atoms with E-state index in [-0.39, 0.29) is 30.8 Å². The molecule has 0 radical (unpaired) electrons. The van der Waals surface area contributed by atoms with Crippen molar-refractivity contribution in [1.82, 2.24) is 4.90 Å². The highest BCUT2D eigenvalue weighted by molar-refractivity contribution is 6.42. The zero-order chi connectivity index (χ0) is 17.0. The number of halogens is 3. The van der Waals surface area contributed by atoms with Gasteiger partial charge in [0.2, 0.25) is 11.8 Å². The van der Waals surface area contributed by atoms with Gasteiger partial charge in [0.15, 0.2) is 0 Å². The second-order valence-corrected chi connectivity index (χ2v) is 6.42. The van der Waals surface area contributed by atoms with Crippen molar-refractivity contribution in [3.8, 4) is 0 Å². The van der Waals surface area contributed by atoms with Crippen molar-refractivity contribution in [1.29, 1.82) is 0 Å². The summed E-state index contributed by atoms with van der Waals surface area (Å²) in [7, 11) is 1.56. The Balaban J connectivity index is 0.00000288. The van der Waals surface area contributed by atoms with Gasteiger partial charge in [-0.3, -0.25) is 9.59 Å². The van der Waals surface area contributed by atoms with Gasteiger partial charge in [-0.1, -0.05) is 23.2 Å². The zero-order valence-corrected chi connectivity index (χ0v) is 15.5. The van der Waals surface area contributed by atoms with Crippen molar-refractivity contribution in [2.75, 3.05) is 32.1 Å². The quantitative estimate of drug-likeness (QED) is 0.818. The van der Waals surface area contributed by atoms with Crippen LogP contribution in [0.3, 0.4) is 0 Å². The molecule has 0 spiro atoms. The summed E-state index contributed by atoms with van der Waals surface area (Å²) in [5, 5.41) is 3.42. The van der Waals surface area contributed by atoms with E-state index in [1.165, 1.54) is 4.90 Å². The van der Waals surface area contributed by atoms with E-state index in [9.17, 15) is 9.59 Å². The molecule has 1 aromatic carbocycles. The summed E-state index contributed by atoms with van der Waals surface area (Å²) in [6.07, 6.45) is 0.898. The number of nitrogens with two attached hydrogens (primary N) is 1. The van der Waals surface area contributed by atoms with Crippen molar-refractivity contribution >= 4 is 53.1 Å². The van der Waals surface area contributed by atoms with E-state index in [0.29, 0.717) is 41.8 Å². The Labute approximate surface area is 157 Å². The van der Waals surface area contributed by atoms with Gasteiger partial charge < -0.3 is 20.7 Å². The van der Waals surface area contributed by atoms with E-state index in [1.807, 2.05) is 0 Å². The number of carbonyl (C=O) groups excluding carboxylic acids is 2. The van der Waals surface area contributed by atoms with Gasteiger partial charge in [0, 0.05) is 25.9 Å². The number of benzene rings is 1. The fourth-order valence-corrected chi connectivity index (χ4v) is 2.69. The van der Waals surface area contributed by atoms with Gasteiger partial charge in [-0.05, 0) is 31.0 Å². The minimum atomic E-state index is -0.961. The summed E-state index contributed by atoms with van der Waals surface area (Å²) in [5.74, 6) is -0.597. The van der Waals surface area contributed by atoms with E-state index in [1.54, 1.807) is 25.2 Å². The highest BCUT2D eigenvalue weighted by atomic mass is 35.5. The number of ether oxygens (including phenoxy) is 1. The Morgan fingerprint density at radius 2 is 1.92 bits per heavy atom. The fraction of sp³-hybridized carbons (Fsp3) is 0.467. The van der Waals surface area contributed by atoms with Crippen LogP contribution in [0.4, 0.5) is 5.69 Å². The number of carbonyl (C=O) groups is 2. The van der Waals surface area contributed by atoms with Gasteiger partial charge in [0.05, 0.1) is 22.1 Å². The molecule has 24 heavy (non-hydrogen) atoms. The van der Waals surface area contributed by atoms with Crippen LogP contribution in [0.5, 0.6) is 0 Å². The molecule has 134 valence electrons. The van der Waals surface area contributed by atoms with E-state index in [0.717, 1.165) is 0 Å². The van der Waals surface area contributed by atoms with Gasteiger partial charge in [-0.25, -0.2) is 0 Å². The molecule has 0 aliphatic carbocycles. The molecular weight excluding hydrogens is 377 g/mol. The topological polar surface area (TPSA) is 84.7 Å². The molecule has 0 unspecified atom stereocenters. The molecule has 2 amide bonds.